The van der Waals surface area contributed by atoms with Crippen LogP contribution in [-0.2, 0) is 15.0 Å². The first-order valence-electron chi connectivity index (χ1n) is 5.78. The van der Waals surface area contributed by atoms with Gasteiger partial charge in [0.15, 0.2) is 0 Å². The van der Waals surface area contributed by atoms with Crippen molar-refractivity contribution < 1.29 is 22.1 Å². The van der Waals surface area contributed by atoms with E-state index < -0.39 is 16.4 Å². The Morgan fingerprint density at radius 2 is 2.00 bits per heavy atom. The maximum absolute atomic E-state index is 11.6. The van der Waals surface area contributed by atoms with E-state index in [1.54, 1.807) is 22.9 Å². The summed E-state index contributed by atoms with van der Waals surface area (Å²) >= 11 is 0. The smallest absolute Gasteiger partial charge is 0.423 e. The molecule has 0 saturated carbocycles. The lowest BCUT2D eigenvalue weighted by Gasteiger charge is -2.15. The van der Waals surface area contributed by atoms with Crippen molar-refractivity contribution in [2.45, 2.75) is 26.2 Å². The van der Waals surface area contributed by atoms with Gasteiger partial charge in [-0.25, -0.2) is 4.79 Å². The Balaban J connectivity index is 2.96. The number of rotatable bonds is 5. The van der Waals surface area contributed by atoms with Gasteiger partial charge < -0.3 is 8.92 Å². The lowest BCUT2D eigenvalue weighted by molar-refractivity contribution is 0.177. The summed E-state index contributed by atoms with van der Waals surface area (Å²) in [5.41, 5.74) is 0.764. The monoisotopic (exact) mass is 287 g/mol. The molecule has 0 aliphatic carbocycles. The molecule has 0 saturated heterocycles. The van der Waals surface area contributed by atoms with Crippen molar-refractivity contribution in [3.63, 3.8) is 0 Å². The van der Waals surface area contributed by atoms with E-state index in [0.717, 1.165) is 19.1 Å². The standard InChI is InChI=1S/C12H17NO5S/c1-4-9(2)10-7-5-6-8-11(10)18-19(15,16)13-12(14)17-3/h5-9H,4H2,1-3H3,(H,13,14). The highest BCUT2D eigenvalue weighted by Gasteiger charge is 2.20. The molecule has 1 amide bonds. The molecular weight excluding hydrogens is 270 g/mol. The molecule has 0 aliphatic rings. The van der Waals surface area contributed by atoms with E-state index in [-0.39, 0.29) is 11.7 Å². The number of para-hydroxylation sites is 1. The van der Waals surface area contributed by atoms with Crippen molar-refractivity contribution in [1.29, 1.82) is 0 Å². The van der Waals surface area contributed by atoms with Crippen molar-refractivity contribution in [1.82, 2.24) is 4.72 Å². The largest absolute Gasteiger partial charge is 0.452 e. The highest BCUT2D eigenvalue weighted by atomic mass is 32.2. The minimum atomic E-state index is -4.23. The molecule has 1 N–H and O–H groups in total. The van der Waals surface area contributed by atoms with Crippen LogP contribution in [0.15, 0.2) is 24.3 Å². The topological polar surface area (TPSA) is 81.7 Å². The maximum atomic E-state index is 11.6. The van der Waals surface area contributed by atoms with Gasteiger partial charge in [-0.1, -0.05) is 32.0 Å². The Labute approximate surface area is 113 Å². The summed E-state index contributed by atoms with van der Waals surface area (Å²) in [5.74, 6) is 0.345. The molecule has 0 fully saturated rings. The summed E-state index contributed by atoms with van der Waals surface area (Å²) in [6, 6.07) is 6.79. The van der Waals surface area contributed by atoms with E-state index in [1.807, 2.05) is 13.8 Å². The number of nitrogens with one attached hydrogen (secondary N) is 1. The highest BCUT2D eigenvalue weighted by Crippen LogP contribution is 2.29. The summed E-state index contributed by atoms with van der Waals surface area (Å²) in [5, 5.41) is 0. The van der Waals surface area contributed by atoms with Crippen molar-refractivity contribution in [2.24, 2.45) is 0 Å². The fourth-order valence-electron chi connectivity index (χ4n) is 1.47. The molecule has 7 heteroatoms. The summed E-state index contributed by atoms with van der Waals surface area (Å²) in [6.45, 7) is 3.95. The van der Waals surface area contributed by atoms with E-state index in [2.05, 4.69) is 4.74 Å². The normalized spacial score (nSPS) is 12.6. The second-order valence-corrected chi connectivity index (χ2v) is 5.26. The summed E-state index contributed by atoms with van der Waals surface area (Å²) in [4.78, 5) is 10.9. The Kier molecular flexibility index (Phi) is 5.17. The fraction of sp³-hybridized carbons (Fsp3) is 0.417. The van der Waals surface area contributed by atoms with Crippen LogP contribution in [0.3, 0.4) is 0 Å². The predicted molar refractivity (Wildman–Crippen MR) is 70.2 cm³/mol. The van der Waals surface area contributed by atoms with E-state index in [1.165, 1.54) is 6.07 Å². The molecule has 19 heavy (non-hydrogen) atoms. The molecule has 1 unspecified atom stereocenters. The number of amides is 1. The van der Waals surface area contributed by atoms with Crippen LogP contribution < -0.4 is 8.91 Å². The van der Waals surface area contributed by atoms with E-state index in [9.17, 15) is 13.2 Å². The third-order valence-corrected chi connectivity index (χ3v) is 3.47. The molecule has 1 atom stereocenters. The van der Waals surface area contributed by atoms with E-state index >= 15 is 0 Å². The Morgan fingerprint density at radius 1 is 1.37 bits per heavy atom. The van der Waals surface area contributed by atoms with Crippen LogP contribution in [0.25, 0.3) is 0 Å². The first-order valence-corrected chi connectivity index (χ1v) is 7.19. The third-order valence-electron chi connectivity index (χ3n) is 2.66. The van der Waals surface area contributed by atoms with Gasteiger partial charge in [0.25, 0.3) is 0 Å². The van der Waals surface area contributed by atoms with Crippen LogP contribution in [-0.4, -0.2) is 21.6 Å². The van der Waals surface area contributed by atoms with Gasteiger partial charge in [0.1, 0.15) is 5.75 Å². The van der Waals surface area contributed by atoms with Gasteiger partial charge in [-0.05, 0) is 24.0 Å². The fourth-order valence-corrected chi connectivity index (χ4v) is 2.18. The van der Waals surface area contributed by atoms with Gasteiger partial charge in [-0.15, -0.1) is 0 Å². The molecule has 106 valence electrons. The molecule has 0 radical (unpaired) electrons. The molecule has 6 nitrogen and oxygen atoms in total. The molecule has 0 spiro atoms. The lowest BCUT2D eigenvalue weighted by atomic mass is 9.98. The van der Waals surface area contributed by atoms with Gasteiger partial charge in [0, 0.05) is 0 Å². The van der Waals surface area contributed by atoms with Gasteiger partial charge in [0.2, 0.25) is 0 Å². The minimum absolute atomic E-state index is 0.143. The Hall–Kier alpha value is -1.76. The van der Waals surface area contributed by atoms with E-state index in [4.69, 9.17) is 4.18 Å². The molecule has 1 aromatic carbocycles. The first-order chi connectivity index (χ1) is 8.89. The summed E-state index contributed by atoms with van der Waals surface area (Å²) in [6.07, 6.45) is -0.258. The molecule has 0 bridgehead atoms. The highest BCUT2D eigenvalue weighted by molar-refractivity contribution is 7.85. The zero-order valence-corrected chi connectivity index (χ0v) is 11.9. The van der Waals surface area contributed by atoms with Crippen molar-refractivity contribution in [3.8, 4) is 5.75 Å². The molecule has 0 heterocycles. The summed E-state index contributed by atoms with van der Waals surface area (Å²) in [7, 11) is -3.17. The van der Waals surface area contributed by atoms with Crippen LogP contribution in [0, 0.1) is 0 Å². The number of ether oxygens (including phenoxy) is 1. The van der Waals surface area contributed by atoms with Gasteiger partial charge >= 0.3 is 16.4 Å². The van der Waals surface area contributed by atoms with Crippen molar-refractivity contribution in [3.05, 3.63) is 29.8 Å². The molecule has 1 rings (SSSR count). The second-order valence-electron chi connectivity index (χ2n) is 3.98. The number of methoxy groups -OCH3 is 1. The molecule has 1 aromatic rings. The van der Waals surface area contributed by atoms with Crippen LogP contribution >= 0.6 is 0 Å². The Morgan fingerprint density at radius 3 is 2.58 bits per heavy atom. The predicted octanol–water partition coefficient (Wildman–Crippen LogP) is 2.18. The third kappa shape index (κ3) is 4.44. The van der Waals surface area contributed by atoms with Gasteiger partial charge in [-0.2, -0.15) is 13.1 Å². The number of carbonyl (C=O) groups excluding carboxylic acids is 1. The second kappa shape index (κ2) is 6.42. The zero-order valence-electron chi connectivity index (χ0n) is 11.0. The lowest BCUT2D eigenvalue weighted by Crippen LogP contribution is -2.34. The van der Waals surface area contributed by atoms with Crippen molar-refractivity contribution in [2.75, 3.05) is 7.11 Å². The summed E-state index contributed by atoms with van der Waals surface area (Å²) < 4.78 is 33.9. The van der Waals surface area contributed by atoms with Crippen LogP contribution in [0.4, 0.5) is 4.79 Å². The number of hydrogen-bond donors (Lipinski definition) is 1. The SMILES string of the molecule is CCC(C)c1ccccc1OS(=O)(=O)NC(=O)OC. The average Bonchev–Trinajstić information content (AvgIpc) is 2.37. The van der Waals surface area contributed by atoms with Crippen LogP contribution in [0.5, 0.6) is 5.75 Å². The number of carbonyl (C=O) groups is 1. The molecule has 0 aliphatic heterocycles. The van der Waals surface area contributed by atoms with Crippen molar-refractivity contribution >= 4 is 16.4 Å². The quantitative estimate of drug-likeness (QED) is 0.897. The van der Waals surface area contributed by atoms with Gasteiger partial charge in [-0.3, -0.25) is 0 Å². The average molecular weight is 287 g/mol. The molecule has 0 aromatic heterocycles. The Bertz CT molecular complexity index is 541. The molecular formula is C12H17NO5S. The first kappa shape index (κ1) is 15.3. The van der Waals surface area contributed by atoms with Gasteiger partial charge in [0.05, 0.1) is 7.11 Å². The van der Waals surface area contributed by atoms with Crippen LogP contribution in [0.2, 0.25) is 0 Å². The number of benzene rings is 1. The zero-order chi connectivity index (χ0) is 14.5. The minimum Gasteiger partial charge on any atom is -0.452 e. The number of hydrogen-bond acceptors (Lipinski definition) is 5. The van der Waals surface area contributed by atoms with E-state index in [0.29, 0.717) is 0 Å². The van der Waals surface area contributed by atoms with Crippen LogP contribution in [0.1, 0.15) is 31.7 Å². The maximum Gasteiger partial charge on any atom is 0.423 e.